The molecule has 0 unspecified atom stereocenters. The van der Waals surface area contributed by atoms with Gasteiger partial charge in [-0.2, -0.15) is 0 Å². The summed E-state index contributed by atoms with van der Waals surface area (Å²) < 4.78 is 18.0. The number of urea groups is 1. The smallest absolute Gasteiger partial charge is 0.326 e. The Morgan fingerprint density at radius 2 is 1.97 bits per heavy atom. The minimum atomic E-state index is -0.308. The van der Waals surface area contributed by atoms with E-state index in [9.17, 15) is 14.0 Å². The van der Waals surface area contributed by atoms with E-state index in [1.807, 2.05) is 0 Å². The van der Waals surface area contributed by atoms with Gasteiger partial charge in [0.05, 0.1) is 5.69 Å². The van der Waals surface area contributed by atoms with Gasteiger partial charge in [0.25, 0.3) is 0 Å². The molecule has 0 saturated carbocycles. The average Bonchev–Trinajstić information content (AvgIpc) is 3.38. The van der Waals surface area contributed by atoms with Crippen LogP contribution in [0.4, 0.5) is 15.0 Å². The van der Waals surface area contributed by atoms with Crippen LogP contribution in [0.25, 0.3) is 0 Å². The zero-order valence-corrected chi connectivity index (χ0v) is 15.6. The fourth-order valence-corrected chi connectivity index (χ4v) is 3.24. The lowest BCUT2D eigenvalue weighted by molar-refractivity contribution is 0.0982. The highest BCUT2D eigenvalue weighted by atomic mass is 19.1. The number of pyridine rings is 1. The number of nitrogens with zero attached hydrogens (tertiary/aromatic N) is 4. The number of rotatable bonds is 7. The van der Waals surface area contributed by atoms with E-state index in [-0.39, 0.29) is 17.6 Å². The third-order valence-electron chi connectivity index (χ3n) is 4.82. The Labute approximate surface area is 166 Å². The van der Waals surface area contributed by atoms with Crippen LogP contribution in [0.2, 0.25) is 0 Å². The van der Waals surface area contributed by atoms with Crippen LogP contribution in [0, 0.1) is 5.82 Å². The quantitative estimate of drug-likeness (QED) is 0.574. The highest BCUT2D eigenvalue weighted by Gasteiger charge is 2.30. The Bertz CT molecular complexity index is 1010. The molecule has 0 spiro atoms. The van der Waals surface area contributed by atoms with Gasteiger partial charge in [-0.25, -0.2) is 19.2 Å². The number of benzene rings is 1. The summed E-state index contributed by atoms with van der Waals surface area (Å²) >= 11 is 0. The van der Waals surface area contributed by atoms with Gasteiger partial charge in [0, 0.05) is 44.2 Å². The fourth-order valence-electron chi connectivity index (χ4n) is 3.24. The second-order valence-corrected chi connectivity index (χ2v) is 6.79. The lowest BCUT2D eigenvalue weighted by Gasteiger charge is -2.18. The van der Waals surface area contributed by atoms with Crippen molar-refractivity contribution in [2.45, 2.75) is 19.4 Å². The molecule has 2 aromatic heterocycles. The van der Waals surface area contributed by atoms with E-state index in [2.05, 4.69) is 9.97 Å². The van der Waals surface area contributed by atoms with Crippen LogP contribution in [0.15, 0.2) is 59.7 Å². The van der Waals surface area contributed by atoms with Crippen LogP contribution in [-0.4, -0.2) is 39.8 Å². The van der Waals surface area contributed by atoms with E-state index < -0.39 is 0 Å². The molecule has 0 radical (unpaired) electrons. The second kappa shape index (κ2) is 8.22. The second-order valence-electron chi connectivity index (χ2n) is 6.79. The van der Waals surface area contributed by atoms with Gasteiger partial charge < -0.3 is 9.32 Å². The summed E-state index contributed by atoms with van der Waals surface area (Å²) in [6, 6.07) is 9.19. The molecule has 0 aliphatic carbocycles. The van der Waals surface area contributed by atoms with Crippen molar-refractivity contribution in [2.75, 3.05) is 18.0 Å². The fraction of sp³-hybridized carbons (Fsp3) is 0.238. The third-order valence-corrected chi connectivity index (χ3v) is 4.82. The van der Waals surface area contributed by atoms with Gasteiger partial charge in [0.1, 0.15) is 17.9 Å². The van der Waals surface area contributed by atoms with Crippen LogP contribution >= 0.6 is 0 Å². The van der Waals surface area contributed by atoms with E-state index in [1.54, 1.807) is 34.1 Å². The Hall–Kier alpha value is -3.55. The van der Waals surface area contributed by atoms with Crippen LogP contribution in [0.5, 0.6) is 0 Å². The number of aromatic nitrogens is 2. The van der Waals surface area contributed by atoms with Gasteiger partial charge in [-0.05, 0) is 29.8 Å². The lowest BCUT2D eigenvalue weighted by atomic mass is 10.1. The van der Waals surface area contributed by atoms with E-state index >= 15 is 0 Å². The summed E-state index contributed by atoms with van der Waals surface area (Å²) in [6.45, 7) is 1.40. The van der Waals surface area contributed by atoms with Gasteiger partial charge in [0.15, 0.2) is 12.2 Å². The number of oxazole rings is 1. The first-order valence-corrected chi connectivity index (χ1v) is 9.27. The predicted octanol–water partition coefficient (Wildman–Crippen LogP) is 3.47. The summed E-state index contributed by atoms with van der Waals surface area (Å²) in [4.78, 5) is 36.8. The molecule has 2 amide bonds. The van der Waals surface area contributed by atoms with Crippen molar-refractivity contribution >= 4 is 17.6 Å². The Balaban J connectivity index is 1.41. The van der Waals surface area contributed by atoms with E-state index in [0.29, 0.717) is 43.9 Å². The summed E-state index contributed by atoms with van der Waals surface area (Å²) in [5.74, 6) is 0.0905. The van der Waals surface area contributed by atoms with Crippen molar-refractivity contribution in [3.8, 4) is 0 Å². The van der Waals surface area contributed by atoms with Crippen LogP contribution in [0.1, 0.15) is 28.0 Å². The summed E-state index contributed by atoms with van der Waals surface area (Å²) in [5, 5.41) is 0. The van der Waals surface area contributed by atoms with E-state index in [0.717, 1.165) is 11.3 Å². The molecular weight excluding hydrogens is 375 g/mol. The molecule has 3 aromatic rings. The van der Waals surface area contributed by atoms with Gasteiger partial charge >= 0.3 is 6.03 Å². The maximum atomic E-state index is 13.1. The number of halogens is 1. The molecule has 7 nitrogen and oxygen atoms in total. The zero-order chi connectivity index (χ0) is 20.2. The van der Waals surface area contributed by atoms with Crippen LogP contribution in [0.3, 0.4) is 0 Å². The Morgan fingerprint density at radius 3 is 2.72 bits per heavy atom. The van der Waals surface area contributed by atoms with E-state index in [1.165, 1.54) is 31.0 Å². The van der Waals surface area contributed by atoms with Crippen LogP contribution in [-0.2, 0) is 13.0 Å². The van der Waals surface area contributed by atoms with Crippen molar-refractivity contribution in [2.24, 2.45) is 0 Å². The first-order chi connectivity index (χ1) is 14.1. The van der Waals surface area contributed by atoms with Crippen LogP contribution < -0.4 is 4.90 Å². The molecule has 3 heterocycles. The zero-order valence-electron chi connectivity index (χ0n) is 15.6. The molecule has 0 N–H and O–H groups in total. The molecule has 8 heteroatoms. The molecule has 1 aromatic carbocycles. The number of anilines is 1. The maximum absolute atomic E-state index is 13.1. The first kappa shape index (κ1) is 18.8. The largest absolute Gasteiger partial charge is 0.451 e. The Morgan fingerprint density at radius 1 is 1.14 bits per heavy atom. The average molecular weight is 394 g/mol. The monoisotopic (exact) mass is 394 g/mol. The Kier molecular flexibility index (Phi) is 5.33. The summed E-state index contributed by atoms with van der Waals surface area (Å²) in [6.07, 6.45) is 5.17. The number of amides is 2. The van der Waals surface area contributed by atoms with Gasteiger partial charge in [0.2, 0.25) is 0 Å². The standard InChI is InChI=1S/C21H19FN4O3/c22-17-3-1-15(2-4-17)12-25-9-10-26(21(25)28)20-11-16(7-8-23-20)19(27)6-5-18-13-29-14-24-18/h1-4,7-8,11,13-14H,5-6,9-10,12H2. The predicted molar refractivity (Wildman–Crippen MR) is 103 cm³/mol. The minimum absolute atomic E-state index is 0.0496. The molecule has 1 fully saturated rings. The topological polar surface area (TPSA) is 79.5 Å². The van der Waals surface area contributed by atoms with Gasteiger partial charge in [-0.1, -0.05) is 12.1 Å². The number of hydrogen-bond acceptors (Lipinski definition) is 5. The normalized spacial score (nSPS) is 13.9. The number of ketones is 1. The first-order valence-electron chi connectivity index (χ1n) is 9.27. The van der Waals surface area contributed by atoms with Crippen molar-refractivity contribution in [1.29, 1.82) is 0 Å². The van der Waals surface area contributed by atoms with Crippen molar-refractivity contribution in [3.05, 3.63) is 77.9 Å². The molecule has 1 aliphatic rings. The van der Waals surface area contributed by atoms with Crippen molar-refractivity contribution < 1.29 is 18.4 Å². The number of carbonyl (C=O) groups excluding carboxylic acids is 2. The molecule has 148 valence electrons. The molecular formula is C21H19FN4O3. The van der Waals surface area contributed by atoms with Gasteiger partial charge in [-0.15, -0.1) is 0 Å². The number of Topliss-reactive ketones (excluding diaryl/α,β-unsaturated/α-hetero) is 1. The summed E-state index contributed by atoms with van der Waals surface area (Å²) in [7, 11) is 0. The maximum Gasteiger partial charge on any atom is 0.326 e. The van der Waals surface area contributed by atoms with Crippen molar-refractivity contribution in [3.63, 3.8) is 0 Å². The molecule has 4 rings (SSSR count). The lowest BCUT2D eigenvalue weighted by Crippen LogP contribution is -2.32. The summed E-state index contributed by atoms with van der Waals surface area (Å²) in [5.41, 5.74) is 2.08. The highest BCUT2D eigenvalue weighted by Crippen LogP contribution is 2.21. The minimum Gasteiger partial charge on any atom is -0.451 e. The van der Waals surface area contributed by atoms with Crippen molar-refractivity contribution in [1.82, 2.24) is 14.9 Å². The molecule has 0 atom stereocenters. The van der Waals surface area contributed by atoms with E-state index in [4.69, 9.17) is 4.42 Å². The molecule has 1 aliphatic heterocycles. The molecule has 29 heavy (non-hydrogen) atoms. The third kappa shape index (κ3) is 4.31. The molecule has 1 saturated heterocycles. The number of hydrogen-bond donors (Lipinski definition) is 0. The molecule has 0 bridgehead atoms. The SMILES string of the molecule is O=C(CCc1cocn1)c1ccnc(N2CCN(Cc3ccc(F)cc3)C2=O)c1. The highest BCUT2D eigenvalue weighted by molar-refractivity contribution is 5.98. The number of carbonyl (C=O) groups is 2. The number of aryl methyl sites for hydroxylation is 1. The van der Waals surface area contributed by atoms with Gasteiger partial charge in [-0.3, -0.25) is 9.69 Å².